The van der Waals surface area contributed by atoms with Gasteiger partial charge < -0.3 is 10.2 Å². The van der Waals surface area contributed by atoms with E-state index in [2.05, 4.69) is 5.32 Å². The lowest BCUT2D eigenvalue weighted by Crippen LogP contribution is -2.36. The fourth-order valence-corrected chi connectivity index (χ4v) is 2.47. The molecule has 0 spiro atoms. The third-order valence-corrected chi connectivity index (χ3v) is 3.84. The van der Waals surface area contributed by atoms with E-state index in [9.17, 15) is 14.0 Å². The number of benzene rings is 2. The summed E-state index contributed by atoms with van der Waals surface area (Å²) in [6.45, 7) is 5.11. The van der Waals surface area contributed by atoms with E-state index in [4.69, 9.17) is 0 Å². The van der Waals surface area contributed by atoms with E-state index in [1.165, 1.54) is 17.9 Å². The maximum absolute atomic E-state index is 13.8. The molecule has 126 valence electrons. The second kappa shape index (κ2) is 7.73. The maximum Gasteiger partial charge on any atom is 0.244 e. The summed E-state index contributed by atoms with van der Waals surface area (Å²) in [5.41, 5.74) is 3.03. The number of halogens is 1. The van der Waals surface area contributed by atoms with Crippen LogP contribution in [-0.4, -0.2) is 23.3 Å². The van der Waals surface area contributed by atoms with Crippen LogP contribution in [0, 0.1) is 19.7 Å². The van der Waals surface area contributed by atoms with Crippen molar-refractivity contribution in [2.45, 2.75) is 27.3 Å². The largest absolute Gasteiger partial charge is 0.329 e. The van der Waals surface area contributed by atoms with Gasteiger partial charge in [0, 0.05) is 24.7 Å². The molecule has 0 unspecified atom stereocenters. The molecular formula is C19H21FN2O2. The summed E-state index contributed by atoms with van der Waals surface area (Å²) in [6, 6.07) is 12.0. The number of nitrogens with one attached hydrogen (secondary N) is 1. The molecule has 24 heavy (non-hydrogen) atoms. The van der Waals surface area contributed by atoms with E-state index in [1.54, 1.807) is 18.2 Å². The molecule has 0 aliphatic heterocycles. The van der Waals surface area contributed by atoms with Gasteiger partial charge in [0.05, 0.1) is 0 Å². The van der Waals surface area contributed by atoms with Crippen LogP contribution in [-0.2, 0) is 16.1 Å². The first-order valence-electron chi connectivity index (χ1n) is 7.73. The Morgan fingerprint density at radius 3 is 2.25 bits per heavy atom. The number of nitrogens with zero attached hydrogens (tertiary/aromatic N) is 1. The second-order valence-corrected chi connectivity index (χ2v) is 5.78. The Balaban J connectivity index is 2.09. The predicted octanol–water partition coefficient (Wildman–Crippen LogP) is 3.43. The number of hydrogen-bond donors (Lipinski definition) is 1. The molecule has 0 atom stereocenters. The molecule has 0 fully saturated rings. The molecule has 1 N–H and O–H groups in total. The topological polar surface area (TPSA) is 49.4 Å². The lowest BCUT2D eigenvalue weighted by molar-refractivity contribution is -0.133. The van der Waals surface area contributed by atoms with Crippen LogP contribution in [0.15, 0.2) is 42.5 Å². The summed E-state index contributed by atoms with van der Waals surface area (Å²) in [5.74, 6) is -0.979. The number of amides is 2. The normalized spacial score (nSPS) is 10.3. The Labute approximate surface area is 141 Å². The van der Waals surface area contributed by atoms with Gasteiger partial charge in [-0.1, -0.05) is 36.4 Å². The molecule has 5 heteroatoms. The van der Waals surface area contributed by atoms with Crippen LogP contribution in [0.3, 0.4) is 0 Å². The Hall–Kier alpha value is -2.69. The fourth-order valence-electron chi connectivity index (χ4n) is 2.47. The molecule has 2 amide bonds. The van der Waals surface area contributed by atoms with E-state index in [1.807, 2.05) is 32.0 Å². The average molecular weight is 328 g/mol. The molecule has 0 aromatic heterocycles. The number of anilines is 1. The highest BCUT2D eigenvalue weighted by molar-refractivity contribution is 5.95. The van der Waals surface area contributed by atoms with Gasteiger partial charge in [0.1, 0.15) is 12.4 Å². The van der Waals surface area contributed by atoms with Crippen molar-refractivity contribution in [1.82, 2.24) is 4.90 Å². The van der Waals surface area contributed by atoms with Crippen LogP contribution in [0.4, 0.5) is 10.1 Å². The quantitative estimate of drug-likeness (QED) is 0.914. The third-order valence-electron chi connectivity index (χ3n) is 3.84. The van der Waals surface area contributed by atoms with Crippen LogP contribution < -0.4 is 5.32 Å². The molecule has 0 saturated carbocycles. The summed E-state index contributed by atoms with van der Waals surface area (Å²) in [6.07, 6.45) is 0. The van der Waals surface area contributed by atoms with Crippen molar-refractivity contribution in [1.29, 1.82) is 0 Å². The van der Waals surface area contributed by atoms with E-state index in [0.29, 0.717) is 5.56 Å². The molecule has 2 aromatic carbocycles. The molecule has 0 bridgehead atoms. The van der Waals surface area contributed by atoms with E-state index in [-0.39, 0.29) is 30.7 Å². The van der Waals surface area contributed by atoms with Crippen LogP contribution >= 0.6 is 0 Å². The molecule has 2 aromatic rings. The molecule has 4 nitrogen and oxygen atoms in total. The van der Waals surface area contributed by atoms with Crippen molar-refractivity contribution >= 4 is 17.5 Å². The highest BCUT2D eigenvalue weighted by Gasteiger charge is 2.17. The minimum atomic E-state index is -0.390. The van der Waals surface area contributed by atoms with Gasteiger partial charge in [-0.25, -0.2) is 4.39 Å². The summed E-state index contributed by atoms with van der Waals surface area (Å²) in [5, 5.41) is 2.84. The van der Waals surface area contributed by atoms with Gasteiger partial charge in [-0.3, -0.25) is 9.59 Å². The zero-order valence-corrected chi connectivity index (χ0v) is 14.1. The maximum atomic E-state index is 13.8. The Kier molecular flexibility index (Phi) is 5.68. The second-order valence-electron chi connectivity index (χ2n) is 5.78. The van der Waals surface area contributed by atoms with Crippen molar-refractivity contribution in [2.75, 3.05) is 11.9 Å². The lowest BCUT2D eigenvalue weighted by Gasteiger charge is -2.21. The molecule has 0 radical (unpaired) electrons. The van der Waals surface area contributed by atoms with Gasteiger partial charge >= 0.3 is 0 Å². The van der Waals surface area contributed by atoms with Crippen molar-refractivity contribution < 1.29 is 14.0 Å². The van der Waals surface area contributed by atoms with E-state index in [0.717, 1.165) is 16.8 Å². The van der Waals surface area contributed by atoms with Crippen molar-refractivity contribution in [2.24, 2.45) is 0 Å². The predicted molar refractivity (Wildman–Crippen MR) is 92.0 cm³/mol. The van der Waals surface area contributed by atoms with Crippen LogP contribution in [0.25, 0.3) is 0 Å². The van der Waals surface area contributed by atoms with E-state index < -0.39 is 0 Å². The van der Waals surface area contributed by atoms with Gasteiger partial charge in [-0.05, 0) is 31.0 Å². The number of para-hydroxylation sites is 1. The molecule has 0 saturated heterocycles. The first-order chi connectivity index (χ1) is 11.4. The first-order valence-corrected chi connectivity index (χ1v) is 7.73. The monoisotopic (exact) mass is 328 g/mol. The summed E-state index contributed by atoms with van der Waals surface area (Å²) >= 11 is 0. The Morgan fingerprint density at radius 2 is 1.67 bits per heavy atom. The van der Waals surface area contributed by atoms with Gasteiger partial charge in [0.15, 0.2) is 0 Å². The number of aryl methyl sites for hydroxylation is 2. The first kappa shape index (κ1) is 17.7. The van der Waals surface area contributed by atoms with Crippen LogP contribution in [0.1, 0.15) is 23.6 Å². The number of hydrogen-bond acceptors (Lipinski definition) is 2. The molecule has 2 rings (SSSR count). The average Bonchev–Trinajstić information content (AvgIpc) is 2.52. The van der Waals surface area contributed by atoms with Gasteiger partial charge in [0.2, 0.25) is 11.8 Å². The standard InChI is InChI=1S/C19H21FN2O2/c1-13-7-6-8-14(2)19(13)21-18(24)12-22(15(3)23)11-16-9-4-5-10-17(16)20/h4-10H,11-12H2,1-3H3,(H,21,24). The lowest BCUT2D eigenvalue weighted by atomic mass is 10.1. The smallest absolute Gasteiger partial charge is 0.244 e. The summed E-state index contributed by atoms with van der Waals surface area (Å²) in [7, 11) is 0. The third kappa shape index (κ3) is 4.41. The van der Waals surface area contributed by atoms with Crippen molar-refractivity contribution in [3.63, 3.8) is 0 Å². The van der Waals surface area contributed by atoms with Crippen molar-refractivity contribution in [3.8, 4) is 0 Å². The molecule has 0 aliphatic rings. The van der Waals surface area contributed by atoms with Crippen molar-refractivity contribution in [3.05, 3.63) is 65.0 Å². The summed E-state index contributed by atoms with van der Waals surface area (Å²) < 4.78 is 13.8. The van der Waals surface area contributed by atoms with Gasteiger partial charge in [0.25, 0.3) is 0 Å². The number of carbonyl (C=O) groups excluding carboxylic acids is 2. The highest BCUT2D eigenvalue weighted by atomic mass is 19.1. The number of rotatable bonds is 5. The Morgan fingerprint density at radius 1 is 1.04 bits per heavy atom. The molecular weight excluding hydrogens is 307 g/mol. The minimum Gasteiger partial charge on any atom is -0.329 e. The fraction of sp³-hybridized carbons (Fsp3) is 0.263. The zero-order valence-electron chi connectivity index (χ0n) is 14.1. The SMILES string of the molecule is CC(=O)N(CC(=O)Nc1c(C)cccc1C)Cc1ccccc1F. The molecule has 0 heterocycles. The molecule has 0 aliphatic carbocycles. The van der Waals surface area contributed by atoms with Gasteiger partial charge in [-0.2, -0.15) is 0 Å². The van der Waals surface area contributed by atoms with Crippen LogP contribution in [0.5, 0.6) is 0 Å². The zero-order chi connectivity index (χ0) is 17.7. The van der Waals surface area contributed by atoms with Crippen LogP contribution in [0.2, 0.25) is 0 Å². The summed E-state index contributed by atoms with van der Waals surface area (Å²) in [4.78, 5) is 25.4. The van der Waals surface area contributed by atoms with Gasteiger partial charge in [-0.15, -0.1) is 0 Å². The Bertz CT molecular complexity index is 739. The minimum absolute atomic E-state index is 0.0577. The number of carbonyl (C=O) groups is 2. The van der Waals surface area contributed by atoms with E-state index >= 15 is 0 Å². The highest BCUT2D eigenvalue weighted by Crippen LogP contribution is 2.19.